The molecule has 0 aliphatic rings. The molecule has 244 valence electrons. The van der Waals surface area contributed by atoms with Gasteiger partial charge >= 0.3 is 0 Å². The molecule has 0 spiro atoms. The zero-order valence-corrected chi connectivity index (χ0v) is 30.6. The van der Waals surface area contributed by atoms with Crippen LogP contribution in [0.5, 0.6) is 11.5 Å². The van der Waals surface area contributed by atoms with Crippen LogP contribution >= 0.6 is 22.7 Å². The van der Waals surface area contributed by atoms with Gasteiger partial charge in [-0.05, 0) is 77.8 Å². The number of nitrogens with zero attached hydrogens (tertiary/aromatic N) is 3. The van der Waals surface area contributed by atoms with Crippen molar-refractivity contribution in [1.82, 2.24) is 15.2 Å². The molecule has 0 aliphatic carbocycles. The summed E-state index contributed by atoms with van der Waals surface area (Å²) >= 11 is 3.73. The second kappa shape index (κ2) is 11.7. The van der Waals surface area contributed by atoms with Crippen molar-refractivity contribution in [3.63, 3.8) is 0 Å². The zero-order chi connectivity index (χ0) is 34.1. The van der Waals surface area contributed by atoms with Gasteiger partial charge in [0.25, 0.3) is 0 Å². The molecule has 4 aromatic heterocycles. The molecule has 0 fully saturated rings. The Kier molecular flexibility index (Phi) is 7.58. The summed E-state index contributed by atoms with van der Waals surface area (Å²) in [5.41, 5.74) is 7.71. The average molecular weight is 678 g/mol. The predicted octanol–water partition coefficient (Wildman–Crippen LogP) is 12.9. The van der Waals surface area contributed by atoms with Crippen molar-refractivity contribution >= 4 is 63.0 Å². The maximum absolute atomic E-state index is 6.46. The van der Waals surface area contributed by atoms with E-state index in [2.05, 4.69) is 125 Å². The van der Waals surface area contributed by atoms with Gasteiger partial charge in [0.2, 0.25) is 0 Å². The van der Waals surface area contributed by atoms with E-state index in [4.69, 9.17) is 9.84 Å². The molecule has 0 unspecified atom stereocenters. The van der Waals surface area contributed by atoms with Crippen molar-refractivity contribution in [3.8, 4) is 34.0 Å². The van der Waals surface area contributed by atoms with Gasteiger partial charge in [0.1, 0.15) is 17.2 Å². The SMILES string of the molecule is Cc1nnc(-c2cccc(Oc3cccc(-c4cc(C(C)(C)C)ccn4)c3)c2)c2sc3c(ccc4c5ccc(CC(C)(C)C)cc5sc43)c12. The summed E-state index contributed by atoms with van der Waals surface area (Å²) in [6.45, 7) is 15.6. The first kappa shape index (κ1) is 31.6. The van der Waals surface area contributed by atoms with Gasteiger partial charge in [0.15, 0.2) is 0 Å². The van der Waals surface area contributed by atoms with Gasteiger partial charge in [-0.3, -0.25) is 4.98 Å². The number of benzene rings is 4. The molecular weight excluding hydrogens is 639 g/mol. The molecule has 0 radical (unpaired) electrons. The lowest BCUT2D eigenvalue weighted by molar-refractivity contribution is 0.411. The molecule has 0 N–H and O–H groups in total. The Bertz CT molecular complexity index is 2550. The topological polar surface area (TPSA) is 47.9 Å². The Hall–Kier alpha value is -4.65. The van der Waals surface area contributed by atoms with Crippen LogP contribution in [0.25, 0.3) is 62.9 Å². The van der Waals surface area contributed by atoms with Crippen molar-refractivity contribution in [2.45, 2.75) is 60.3 Å². The Morgan fingerprint density at radius 3 is 2.10 bits per heavy atom. The molecule has 4 nitrogen and oxygen atoms in total. The maximum atomic E-state index is 6.46. The van der Waals surface area contributed by atoms with Crippen LogP contribution in [0.1, 0.15) is 58.4 Å². The normalized spacial score (nSPS) is 12.5. The Labute approximate surface area is 295 Å². The highest BCUT2D eigenvalue weighted by Gasteiger charge is 2.20. The van der Waals surface area contributed by atoms with Gasteiger partial charge in [-0.15, -0.1) is 27.8 Å². The van der Waals surface area contributed by atoms with Crippen LogP contribution in [-0.2, 0) is 11.8 Å². The molecule has 49 heavy (non-hydrogen) atoms. The van der Waals surface area contributed by atoms with E-state index in [1.165, 1.54) is 46.8 Å². The van der Waals surface area contributed by atoms with Crippen LogP contribution in [0.4, 0.5) is 0 Å². The third-order valence-corrected chi connectivity index (χ3v) is 11.6. The fourth-order valence-electron chi connectivity index (χ4n) is 6.71. The number of ether oxygens (including phenoxy) is 1. The molecular formula is C43H39N3OS2. The monoisotopic (exact) mass is 677 g/mol. The van der Waals surface area contributed by atoms with Crippen LogP contribution in [0, 0.1) is 12.3 Å². The molecule has 0 amide bonds. The van der Waals surface area contributed by atoms with Gasteiger partial charge < -0.3 is 4.74 Å². The first-order valence-electron chi connectivity index (χ1n) is 16.8. The van der Waals surface area contributed by atoms with E-state index in [0.29, 0.717) is 0 Å². The van der Waals surface area contributed by atoms with Gasteiger partial charge in [-0.25, -0.2) is 0 Å². The van der Waals surface area contributed by atoms with Crippen molar-refractivity contribution in [2.24, 2.45) is 5.41 Å². The maximum Gasteiger partial charge on any atom is 0.128 e. The molecule has 6 heteroatoms. The lowest BCUT2D eigenvalue weighted by atomic mass is 9.87. The summed E-state index contributed by atoms with van der Waals surface area (Å²) in [6.07, 6.45) is 2.95. The fourth-order valence-corrected chi connectivity index (χ4v) is 9.47. The average Bonchev–Trinajstić information content (AvgIpc) is 3.63. The highest BCUT2D eigenvalue weighted by atomic mass is 32.1. The molecule has 0 saturated heterocycles. The smallest absolute Gasteiger partial charge is 0.128 e. The molecule has 4 aromatic carbocycles. The number of aryl methyl sites for hydroxylation is 1. The minimum Gasteiger partial charge on any atom is -0.457 e. The second-order valence-electron chi connectivity index (χ2n) is 15.3. The van der Waals surface area contributed by atoms with Crippen LogP contribution in [-0.4, -0.2) is 15.2 Å². The molecule has 4 heterocycles. The van der Waals surface area contributed by atoms with Crippen molar-refractivity contribution in [2.75, 3.05) is 0 Å². The molecule has 8 aromatic rings. The fraction of sp³-hybridized carbons (Fsp3) is 0.233. The van der Waals surface area contributed by atoms with E-state index < -0.39 is 0 Å². The Morgan fingerprint density at radius 2 is 1.35 bits per heavy atom. The van der Waals surface area contributed by atoms with E-state index >= 15 is 0 Å². The van der Waals surface area contributed by atoms with Crippen molar-refractivity contribution < 1.29 is 4.74 Å². The lowest BCUT2D eigenvalue weighted by Crippen LogP contribution is -2.11. The zero-order valence-electron chi connectivity index (χ0n) is 29.0. The Balaban J connectivity index is 1.17. The van der Waals surface area contributed by atoms with Crippen LogP contribution in [0.3, 0.4) is 0 Å². The standard InChI is InChI=1S/C43H39N3OS2/c1-25-37-34-17-16-33-32-15-14-26(24-42(2,3)4)20-36(32)48-39(33)40(34)49-41(37)38(46-45-25)28-11-9-13-31(22-28)47-30-12-8-10-27(21-30)35-23-29(18-19-44-35)43(5,6)7/h8-23H,24H2,1-7H3. The first-order valence-corrected chi connectivity index (χ1v) is 18.4. The number of hydrogen-bond donors (Lipinski definition) is 0. The van der Waals surface area contributed by atoms with Gasteiger partial charge in [0, 0.05) is 43.6 Å². The van der Waals surface area contributed by atoms with Crippen LogP contribution in [0.15, 0.2) is 97.2 Å². The third-order valence-electron chi connectivity index (χ3n) is 9.07. The predicted molar refractivity (Wildman–Crippen MR) is 210 cm³/mol. The van der Waals surface area contributed by atoms with E-state index in [0.717, 1.165) is 50.8 Å². The summed E-state index contributed by atoms with van der Waals surface area (Å²) in [7, 11) is 0. The van der Waals surface area contributed by atoms with Crippen molar-refractivity contribution in [1.29, 1.82) is 0 Å². The number of aromatic nitrogens is 3. The summed E-state index contributed by atoms with van der Waals surface area (Å²) in [5, 5.41) is 14.5. The minimum atomic E-state index is 0.0464. The number of thiophene rings is 2. The molecule has 0 bridgehead atoms. The van der Waals surface area contributed by atoms with Gasteiger partial charge in [0.05, 0.1) is 25.5 Å². The van der Waals surface area contributed by atoms with Crippen molar-refractivity contribution in [3.05, 3.63) is 114 Å². The quantitative estimate of drug-likeness (QED) is 0.182. The number of fused-ring (bicyclic) bond motifs is 7. The van der Waals surface area contributed by atoms with E-state index in [1.54, 1.807) is 0 Å². The molecule has 8 rings (SSSR count). The second-order valence-corrected chi connectivity index (χ2v) is 17.3. The minimum absolute atomic E-state index is 0.0464. The van der Waals surface area contributed by atoms with E-state index in [1.807, 2.05) is 53.1 Å². The summed E-state index contributed by atoms with van der Waals surface area (Å²) in [5.74, 6) is 1.51. The molecule has 0 aliphatic heterocycles. The van der Waals surface area contributed by atoms with E-state index in [9.17, 15) is 0 Å². The molecule has 0 saturated carbocycles. The summed E-state index contributed by atoms with van der Waals surface area (Å²) < 4.78 is 11.6. The van der Waals surface area contributed by atoms with Crippen LogP contribution < -0.4 is 4.74 Å². The Morgan fingerprint density at radius 1 is 0.653 bits per heavy atom. The lowest BCUT2D eigenvalue weighted by Gasteiger charge is -2.19. The summed E-state index contributed by atoms with van der Waals surface area (Å²) in [4.78, 5) is 4.66. The number of rotatable bonds is 5. The van der Waals surface area contributed by atoms with Gasteiger partial charge in [-0.2, -0.15) is 5.10 Å². The van der Waals surface area contributed by atoms with Crippen LogP contribution in [0.2, 0.25) is 0 Å². The largest absolute Gasteiger partial charge is 0.457 e. The van der Waals surface area contributed by atoms with Gasteiger partial charge in [-0.1, -0.05) is 90.1 Å². The highest BCUT2D eigenvalue weighted by molar-refractivity contribution is 7.33. The number of pyridine rings is 1. The highest BCUT2D eigenvalue weighted by Crippen LogP contribution is 2.47. The molecule has 0 atom stereocenters. The van der Waals surface area contributed by atoms with E-state index in [-0.39, 0.29) is 10.8 Å². The first-order chi connectivity index (χ1) is 23.4. The summed E-state index contributed by atoms with van der Waals surface area (Å²) in [6, 6.07) is 32.2. The third kappa shape index (κ3) is 5.98. The number of hydrogen-bond acceptors (Lipinski definition) is 6.